The summed E-state index contributed by atoms with van der Waals surface area (Å²) in [6.07, 6.45) is -8.64. The van der Waals surface area contributed by atoms with Crippen molar-refractivity contribution in [3.05, 3.63) is 24.3 Å². The van der Waals surface area contributed by atoms with Crippen LogP contribution >= 0.6 is 0 Å². The number of hydrogen-bond acceptors (Lipinski definition) is 7. The van der Waals surface area contributed by atoms with Crippen molar-refractivity contribution in [2.45, 2.75) is 76.3 Å². The largest absolute Gasteiger partial charge is 0.573 e. The van der Waals surface area contributed by atoms with Gasteiger partial charge in [-0.1, -0.05) is 0 Å². The zero-order chi connectivity index (χ0) is 21.9. The van der Waals surface area contributed by atoms with Gasteiger partial charge < -0.3 is 33.7 Å². The summed E-state index contributed by atoms with van der Waals surface area (Å²) in [6, 6.07) is 4.77. The van der Waals surface area contributed by atoms with Crippen LogP contribution in [0.3, 0.4) is 0 Å². The van der Waals surface area contributed by atoms with E-state index in [2.05, 4.69) is 10.1 Å². The van der Waals surface area contributed by atoms with Gasteiger partial charge in [-0.3, -0.25) is 4.79 Å². The molecule has 1 aromatic carbocycles. The Balaban J connectivity index is 1.49. The Morgan fingerprint density at radius 1 is 0.933 bits per heavy atom. The number of amides is 1. The van der Waals surface area contributed by atoms with E-state index < -0.39 is 60.3 Å². The summed E-state index contributed by atoms with van der Waals surface area (Å²) in [5.74, 6) is -2.83. The van der Waals surface area contributed by atoms with Gasteiger partial charge >= 0.3 is 6.36 Å². The molecule has 5 atom stereocenters. The van der Waals surface area contributed by atoms with Crippen molar-refractivity contribution in [3.8, 4) is 5.75 Å². The van der Waals surface area contributed by atoms with E-state index in [0.29, 0.717) is 0 Å². The number of nitrogens with one attached hydrogen (secondary N) is 1. The van der Waals surface area contributed by atoms with Gasteiger partial charge in [0.1, 0.15) is 24.1 Å². The standard InChI is InChI=1S/C19H22F3NO7/c1-17(2)27-11-12(28-17)14-16(30-18(3,4)29-14)25-13(11)15(24)23-9-5-7-10(8-6-9)26-19(20,21)22/h5-8,11-14,16H,1-4H3,(H,23,24)/t11-,12-,13-,14-,16+/m1/s1. The molecule has 0 aliphatic carbocycles. The molecule has 30 heavy (non-hydrogen) atoms. The van der Waals surface area contributed by atoms with Crippen LogP contribution in [0.2, 0.25) is 0 Å². The Morgan fingerprint density at radius 2 is 1.50 bits per heavy atom. The quantitative estimate of drug-likeness (QED) is 0.785. The number of ether oxygens (including phenoxy) is 6. The number of rotatable bonds is 3. The molecule has 3 saturated heterocycles. The van der Waals surface area contributed by atoms with Gasteiger partial charge in [-0.2, -0.15) is 0 Å². The van der Waals surface area contributed by atoms with Crippen molar-refractivity contribution >= 4 is 11.6 Å². The zero-order valence-electron chi connectivity index (χ0n) is 16.7. The van der Waals surface area contributed by atoms with Crippen LogP contribution in [0.4, 0.5) is 18.9 Å². The van der Waals surface area contributed by atoms with Gasteiger partial charge in [-0.05, 0) is 52.0 Å². The second kappa shape index (κ2) is 7.06. The molecule has 3 fully saturated rings. The highest BCUT2D eigenvalue weighted by molar-refractivity contribution is 5.94. The number of halogens is 3. The van der Waals surface area contributed by atoms with E-state index in [1.807, 2.05) is 0 Å². The van der Waals surface area contributed by atoms with Crippen molar-refractivity contribution < 1.29 is 46.4 Å². The van der Waals surface area contributed by atoms with E-state index in [9.17, 15) is 18.0 Å². The van der Waals surface area contributed by atoms with Crippen molar-refractivity contribution in [1.29, 1.82) is 0 Å². The maximum atomic E-state index is 12.9. The highest BCUT2D eigenvalue weighted by atomic mass is 19.4. The average Bonchev–Trinajstić information content (AvgIpc) is 3.08. The van der Waals surface area contributed by atoms with Gasteiger partial charge in [0.25, 0.3) is 5.91 Å². The number of hydrogen-bond donors (Lipinski definition) is 1. The molecule has 0 saturated carbocycles. The summed E-state index contributed by atoms with van der Waals surface area (Å²) in [5, 5.41) is 2.61. The molecular formula is C19H22F3NO7. The fraction of sp³-hybridized carbons (Fsp3) is 0.632. The second-order valence-electron chi connectivity index (χ2n) is 8.15. The molecule has 1 amide bonds. The lowest BCUT2D eigenvalue weighted by atomic mass is 9.98. The lowest BCUT2D eigenvalue weighted by Gasteiger charge is -2.36. The molecule has 0 bridgehead atoms. The fourth-order valence-electron chi connectivity index (χ4n) is 3.78. The second-order valence-corrected chi connectivity index (χ2v) is 8.15. The molecule has 3 aliphatic heterocycles. The molecule has 0 spiro atoms. The van der Waals surface area contributed by atoms with Gasteiger partial charge in [0, 0.05) is 5.69 Å². The van der Waals surface area contributed by atoms with Crippen LogP contribution < -0.4 is 10.1 Å². The van der Waals surface area contributed by atoms with Crippen LogP contribution in [-0.2, 0) is 28.5 Å². The third kappa shape index (κ3) is 4.40. The van der Waals surface area contributed by atoms with Crippen molar-refractivity contribution in [3.63, 3.8) is 0 Å². The molecule has 1 N–H and O–H groups in total. The first-order valence-electron chi connectivity index (χ1n) is 9.35. The predicted octanol–water partition coefficient (Wildman–Crippen LogP) is 2.92. The Kier molecular flexibility index (Phi) is 5.02. The lowest BCUT2D eigenvalue weighted by molar-refractivity contribution is -0.274. The molecule has 3 aliphatic rings. The molecule has 8 nitrogen and oxygen atoms in total. The molecule has 0 unspecified atom stereocenters. The monoisotopic (exact) mass is 433 g/mol. The fourth-order valence-corrected chi connectivity index (χ4v) is 3.78. The number of carbonyl (C=O) groups is 1. The predicted molar refractivity (Wildman–Crippen MR) is 94.3 cm³/mol. The molecular weight excluding hydrogens is 411 g/mol. The Hall–Kier alpha value is -1.92. The SMILES string of the molecule is CC1(C)O[C@@H]2[C@@H](O1)[C@H](C(=O)Nc1ccc(OC(F)(F)F)cc1)O[C@H]1OC(C)(C)O[C@@H]12. The van der Waals surface area contributed by atoms with E-state index >= 15 is 0 Å². The molecule has 3 heterocycles. The van der Waals surface area contributed by atoms with Crippen LogP contribution in [0.15, 0.2) is 24.3 Å². The third-order valence-electron chi connectivity index (χ3n) is 4.77. The number of carbonyl (C=O) groups excluding carboxylic acids is 1. The lowest BCUT2D eigenvalue weighted by Crippen LogP contribution is -2.58. The van der Waals surface area contributed by atoms with Crippen LogP contribution in [-0.4, -0.2) is 54.5 Å². The number of alkyl halides is 3. The van der Waals surface area contributed by atoms with E-state index in [-0.39, 0.29) is 5.69 Å². The summed E-state index contributed by atoms with van der Waals surface area (Å²) >= 11 is 0. The molecule has 166 valence electrons. The first-order chi connectivity index (χ1) is 13.8. The maximum absolute atomic E-state index is 12.9. The van der Waals surface area contributed by atoms with Crippen molar-refractivity contribution in [2.24, 2.45) is 0 Å². The summed E-state index contributed by atoms with van der Waals surface area (Å²) in [5.41, 5.74) is 0.263. The zero-order valence-corrected chi connectivity index (χ0v) is 16.7. The maximum Gasteiger partial charge on any atom is 0.573 e. The minimum Gasteiger partial charge on any atom is -0.406 e. The first-order valence-corrected chi connectivity index (χ1v) is 9.35. The first kappa shape index (κ1) is 21.3. The highest BCUT2D eigenvalue weighted by Gasteiger charge is 2.62. The van der Waals surface area contributed by atoms with E-state index in [0.717, 1.165) is 12.1 Å². The summed E-state index contributed by atoms with van der Waals surface area (Å²) in [4.78, 5) is 12.9. The minimum atomic E-state index is -4.80. The van der Waals surface area contributed by atoms with Gasteiger partial charge in [0.05, 0.1) is 0 Å². The summed E-state index contributed by atoms with van der Waals surface area (Å²) in [6.45, 7) is 6.89. The van der Waals surface area contributed by atoms with Crippen LogP contribution in [0.1, 0.15) is 27.7 Å². The number of benzene rings is 1. The molecule has 11 heteroatoms. The average molecular weight is 433 g/mol. The Morgan fingerprint density at radius 3 is 2.13 bits per heavy atom. The number of fused-ring (bicyclic) bond motifs is 3. The van der Waals surface area contributed by atoms with Crippen molar-refractivity contribution in [1.82, 2.24) is 0 Å². The normalized spacial score (nSPS) is 34.2. The Bertz CT molecular complexity index is 811. The van der Waals surface area contributed by atoms with Crippen LogP contribution in [0.5, 0.6) is 5.75 Å². The topological polar surface area (TPSA) is 84.5 Å². The van der Waals surface area contributed by atoms with E-state index in [4.69, 9.17) is 23.7 Å². The summed E-state index contributed by atoms with van der Waals surface area (Å²) in [7, 11) is 0. The van der Waals surface area contributed by atoms with Gasteiger partial charge in [0.15, 0.2) is 24.0 Å². The van der Waals surface area contributed by atoms with E-state index in [1.54, 1.807) is 27.7 Å². The molecule has 1 aromatic rings. The summed E-state index contributed by atoms with van der Waals surface area (Å²) < 4.78 is 70.0. The Labute approximate surface area is 170 Å². The van der Waals surface area contributed by atoms with Gasteiger partial charge in [0.2, 0.25) is 0 Å². The van der Waals surface area contributed by atoms with Crippen molar-refractivity contribution in [2.75, 3.05) is 5.32 Å². The number of anilines is 1. The van der Waals surface area contributed by atoms with Gasteiger partial charge in [-0.15, -0.1) is 13.2 Å². The molecule has 0 aromatic heterocycles. The van der Waals surface area contributed by atoms with Crippen LogP contribution in [0, 0.1) is 0 Å². The highest BCUT2D eigenvalue weighted by Crippen LogP contribution is 2.44. The van der Waals surface area contributed by atoms with E-state index in [1.165, 1.54) is 12.1 Å². The molecule has 4 rings (SSSR count). The minimum absolute atomic E-state index is 0.263. The van der Waals surface area contributed by atoms with Crippen LogP contribution in [0.25, 0.3) is 0 Å². The molecule has 0 radical (unpaired) electrons. The van der Waals surface area contributed by atoms with Gasteiger partial charge in [-0.25, -0.2) is 0 Å². The third-order valence-corrected chi connectivity index (χ3v) is 4.77. The smallest absolute Gasteiger partial charge is 0.406 e.